The van der Waals surface area contributed by atoms with Crippen molar-refractivity contribution in [2.45, 2.75) is 12.7 Å². The largest absolute Gasteiger partial charge is 0.389 e. The summed E-state index contributed by atoms with van der Waals surface area (Å²) < 4.78 is 5.39. The second-order valence-electron chi connectivity index (χ2n) is 3.74. The fourth-order valence-electron chi connectivity index (χ4n) is 1.30. The highest BCUT2D eigenvalue weighted by atomic mass is 35.5. The van der Waals surface area contributed by atoms with Crippen LogP contribution in [-0.4, -0.2) is 30.9 Å². The van der Waals surface area contributed by atoms with Crippen molar-refractivity contribution in [2.24, 2.45) is 0 Å². The van der Waals surface area contributed by atoms with Gasteiger partial charge in [0.15, 0.2) is 0 Å². The van der Waals surface area contributed by atoms with Crippen molar-refractivity contribution in [3.8, 4) is 0 Å². The van der Waals surface area contributed by atoms with Gasteiger partial charge in [-0.05, 0) is 17.7 Å². The normalized spacial score (nSPS) is 12.4. The summed E-state index contributed by atoms with van der Waals surface area (Å²) in [5, 5.41) is 13.3. The molecule has 1 aromatic rings. The van der Waals surface area contributed by atoms with Crippen LogP contribution in [0.15, 0.2) is 36.9 Å². The minimum absolute atomic E-state index is 0.312. The van der Waals surface area contributed by atoms with Gasteiger partial charge in [-0.25, -0.2) is 0 Å². The summed E-state index contributed by atoms with van der Waals surface area (Å²) in [6.45, 7) is 5.57. The van der Waals surface area contributed by atoms with Crippen LogP contribution in [0.25, 0.3) is 0 Å². The smallest absolute Gasteiger partial charge is 0.0897 e. The topological polar surface area (TPSA) is 41.5 Å². The number of benzene rings is 1. The first-order valence-electron chi connectivity index (χ1n) is 5.54. The van der Waals surface area contributed by atoms with Crippen LogP contribution in [0.5, 0.6) is 0 Å². The molecule has 0 fully saturated rings. The number of aliphatic hydroxyl groups is 1. The highest BCUT2D eigenvalue weighted by Gasteiger charge is 2.03. The van der Waals surface area contributed by atoms with Crippen molar-refractivity contribution in [1.29, 1.82) is 0 Å². The molecule has 1 atom stereocenters. The van der Waals surface area contributed by atoms with E-state index in [0.717, 1.165) is 5.56 Å². The van der Waals surface area contributed by atoms with Gasteiger partial charge in [-0.2, -0.15) is 0 Å². The minimum Gasteiger partial charge on any atom is -0.389 e. The number of halogens is 1. The molecular formula is C13H18ClNO2. The van der Waals surface area contributed by atoms with Gasteiger partial charge in [-0.15, -0.1) is 6.58 Å². The Morgan fingerprint density at radius 3 is 2.76 bits per heavy atom. The Morgan fingerprint density at radius 1 is 1.41 bits per heavy atom. The number of rotatable bonds is 8. The van der Waals surface area contributed by atoms with Crippen LogP contribution in [-0.2, 0) is 11.3 Å². The lowest BCUT2D eigenvalue weighted by molar-refractivity contribution is 0.0293. The summed E-state index contributed by atoms with van der Waals surface area (Å²) in [6.07, 6.45) is 1.25. The van der Waals surface area contributed by atoms with E-state index in [0.29, 0.717) is 31.3 Å². The molecule has 0 aliphatic heterocycles. The molecule has 0 saturated heterocycles. The van der Waals surface area contributed by atoms with E-state index in [-0.39, 0.29) is 0 Å². The van der Waals surface area contributed by atoms with Gasteiger partial charge in [-0.1, -0.05) is 29.8 Å². The third kappa shape index (κ3) is 6.44. The number of nitrogens with one attached hydrogen (secondary N) is 1. The zero-order valence-electron chi connectivity index (χ0n) is 9.73. The van der Waals surface area contributed by atoms with Crippen molar-refractivity contribution in [1.82, 2.24) is 5.32 Å². The highest BCUT2D eigenvalue weighted by Crippen LogP contribution is 2.10. The molecular weight excluding hydrogens is 238 g/mol. The fourth-order valence-corrected chi connectivity index (χ4v) is 1.43. The van der Waals surface area contributed by atoms with Crippen LogP contribution in [0.4, 0.5) is 0 Å². The second-order valence-corrected chi connectivity index (χ2v) is 4.18. The summed E-state index contributed by atoms with van der Waals surface area (Å²) >= 11 is 5.77. The molecule has 0 bridgehead atoms. The van der Waals surface area contributed by atoms with Crippen molar-refractivity contribution < 1.29 is 9.84 Å². The van der Waals surface area contributed by atoms with Gasteiger partial charge in [0, 0.05) is 18.1 Å². The highest BCUT2D eigenvalue weighted by molar-refractivity contribution is 6.30. The van der Waals surface area contributed by atoms with Crippen LogP contribution in [0, 0.1) is 0 Å². The predicted octanol–water partition coefficient (Wildman–Crippen LogP) is 1.99. The Bertz CT molecular complexity index is 327. The summed E-state index contributed by atoms with van der Waals surface area (Å²) in [4.78, 5) is 0. The van der Waals surface area contributed by atoms with E-state index in [1.807, 2.05) is 24.3 Å². The Labute approximate surface area is 107 Å². The Morgan fingerprint density at radius 2 is 2.12 bits per heavy atom. The molecule has 0 spiro atoms. The van der Waals surface area contributed by atoms with Gasteiger partial charge in [0.05, 0.1) is 19.3 Å². The van der Waals surface area contributed by atoms with Crippen molar-refractivity contribution >= 4 is 11.6 Å². The van der Waals surface area contributed by atoms with E-state index < -0.39 is 6.10 Å². The average Bonchev–Trinajstić information content (AvgIpc) is 2.32. The molecule has 0 aliphatic carbocycles. The van der Waals surface area contributed by atoms with Gasteiger partial charge in [0.1, 0.15) is 0 Å². The summed E-state index contributed by atoms with van der Waals surface area (Å²) in [5.41, 5.74) is 1.04. The minimum atomic E-state index is -0.498. The van der Waals surface area contributed by atoms with Crippen LogP contribution in [0.3, 0.4) is 0 Å². The number of hydrogen-bond acceptors (Lipinski definition) is 3. The fraction of sp³-hybridized carbons (Fsp3) is 0.385. The molecule has 1 rings (SSSR count). The average molecular weight is 256 g/mol. The molecule has 0 heterocycles. The van der Waals surface area contributed by atoms with Gasteiger partial charge in [0.25, 0.3) is 0 Å². The predicted molar refractivity (Wildman–Crippen MR) is 70.2 cm³/mol. The lowest BCUT2D eigenvalue weighted by Crippen LogP contribution is -2.30. The lowest BCUT2D eigenvalue weighted by Gasteiger charge is -2.11. The first kappa shape index (κ1) is 14.2. The molecule has 1 unspecified atom stereocenters. The zero-order valence-corrected chi connectivity index (χ0v) is 10.5. The molecule has 0 radical (unpaired) electrons. The molecule has 0 saturated carbocycles. The van der Waals surface area contributed by atoms with E-state index in [1.165, 1.54) is 0 Å². The molecule has 4 heteroatoms. The molecule has 0 aliphatic rings. The number of ether oxygens (including phenoxy) is 1. The Kier molecular flexibility index (Phi) is 6.89. The maximum Gasteiger partial charge on any atom is 0.0897 e. The third-order valence-corrected chi connectivity index (χ3v) is 2.41. The summed E-state index contributed by atoms with van der Waals surface area (Å²) in [5.74, 6) is 0. The van der Waals surface area contributed by atoms with E-state index >= 15 is 0 Å². The SMILES string of the molecule is C=CCNCC(O)COCc1ccc(Cl)cc1. The Hall–Kier alpha value is -0.870. The molecule has 0 amide bonds. The third-order valence-electron chi connectivity index (χ3n) is 2.16. The van der Waals surface area contributed by atoms with Crippen molar-refractivity contribution in [3.63, 3.8) is 0 Å². The van der Waals surface area contributed by atoms with Gasteiger partial charge in [0.2, 0.25) is 0 Å². The van der Waals surface area contributed by atoms with Crippen LogP contribution in [0.1, 0.15) is 5.56 Å². The second kappa shape index (κ2) is 8.25. The molecule has 0 aromatic heterocycles. The van der Waals surface area contributed by atoms with Crippen LogP contribution >= 0.6 is 11.6 Å². The Balaban J connectivity index is 2.14. The maximum atomic E-state index is 9.56. The lowest BCUT2D eigenvalue weighted by atomic mass is 10.2. The maximum absolute atomic E-state index is 9.56. The molecule has 1 aromatic carbocycles. The van der Waals surface area contributed by atoms with Gasteiger partial charge in [-0.3, -0.25) is 0 Å². The van der Waals surface area contributed by atoms with E-state index in [9.17, 15) is 5.11 Å². The van der Waals surface area contributed by atoms with E-state index in [4.69, 9.17) is 16.3 Å². The van der Waals surface area contributed by atoms with Gasteiger partial charge >= 0.3 is 0 Å². The number of aliphatic hydroxyl groups excluding tert-OH is 1. The van der Waals surface area contributed by atoms with Crippen LogP contribution < -0.4 is 5.32 Å². The van der Waals surface area contributed by atoms with Crippen molar-refractivity contribution in [2.75, 3.05) is 19.7 Å². The molecule has 17 heavy (non-hydrogen) atoms. The first-order chi connectivity index (χ1) is 8.22. The molecule has 94 valence electrons. The summed E-state index contributed by atoms with van der Waals surface area (Å²) in [7, 11) is 0. The van der Waals surface area contributed by atoms with Crippen LogP contribution in [0.2, 0.25) is 5.02 Å². The monoisotopic (exact) mass is 255 g/mol. The quantitative estimate of drug-likeness (QED) is 0.551. The van der Waals surface area contributed by atoms with E-state index in [2.05, 4.69) is 11.9 Å². The first-order valence-corrected chi connectivity index (χ1v) is 5.92. The standard InChI is InChI=1S/C13H18ClNO2/c1-2-7-15-8-13(16)10-17-9-11-3-5-12(14)6-4-11/h2-6,13,15-16H,1,7-10H2. The van der Waals surface area contributed by atoms with Gasteiger partial charge < -0.3 is 15.2 Å². The zero-order chi connectivity index (χ0) is 12.5. The van der Waals surface area contributed by atoms with E-state index in [1.54, 1.807) is 6.08 Å². The molecule has 3 nitrogen and oxygen atoms in total. The number of hydrogen-bond donors (Lipinski definition) is 2. The molecule has 2 N–H and O–H groups in total. The summed E-state index contributed by atoms with van der Waals surface area (Å²) in [6, 6.07) is 7.46. The van der Waals surface area contributed by atoms with Crippen molar-refractivity contribution in [3.05, 3.63) is 47.5 Å².